The van der Waals surface area contributed by atoms with Crippen LogP contribution in [-0.4, -0.2) is 60.3 Å². The number of aromatic nitrogens is 4. The van der Waals surface area contributed by atoms with Gasteiger partial charge in [0.1, 0.15) is 5.01 Å². The molecule has 1 aliphatic heterocycles. The quantitative estimate of drug-likeness (QED) is 0.526. The zero-order valence-corrected chi connectivity index (χ0v) is 18.3. The molecule has 3 aromatic rings. The number of hydrogen-bond donors (Lipinski definition) is 0. The molecule has 0 bridgehead atoms. The first-order chi connectivity index (χ1) is 14.2. The lowest BCUT2D eigenvalue weighted by Gasteiger charge is -2.27. The topological polar surface area (TPSA) is 74.5 Å². The second kappa shape index (κ2) is 9.02. The zero-order chi connectivity index (χ0) is 20.2. The van der Waals surface area contributed by atoms with Gasteiger partial charge in [-0.25, -0.2) is 4.98 Å². The Hall–Kier alpha value is -2.30. The van der Waals surface area contributed by atoms with Gasteiger partial charge in [0, 0.05) is 36.8 Å². The predicted octanol–water partition coefficient (Wildman–Crippen LogP) is 3.08. The smallest absolute Gasteiger partial charge is 0.227 e. The molecule has 1 aliphatic rings. The Bertz CT molecular complexity index is 969. The van der Waals surface area contributed by atoms with Crippen LogP contribution < -0.4 is 14.4 Å². The lowest BCUT2D eigenvalue weighted by atomic mass is 10.2. The molecule has 0 spiro atoms. The summed E-state index contributed by atoms with van der Waals surface area (Å²) in [5, 5.41) is 12.6. The van der Waals surface area contributed by atoms with Crippen molar-refractivity contribution in [2.24, 2.45) is 7.05 Å². The fourth-order valence-corrected chi connectivity index (χ4v) is 4.81. The third kappa shape index (κ3) is 4.34. The van der Waals surface area contributed by atoms with E-state index in [9.17, 15) is 0 Å². The number of ether oxygens (including phenoxy) is 3. The van der Waals surface area contributed by atoms with Crippen molar-refractivity contribution in [3.05, 3.63) is 29.3 Å². The molecule has 154 valence electrons. The third-order valence-electron chi connectivity index (χ3n) is 4.64. The summed E-state index contributed by atoms with van der Waals surface area (Å²) in [6.07, 6.45) is 0. The van der Waals surface area contributed by atoms with Crippen LogP contribution in [0.5, 0.6) is 11.5 Å². The van der Waals surface area contributed by atoms with Gasteiger partial charge < -0.3 is 19.1 Å². The lowest BCUT2D eigenvalue weighted by Crippen LogP contribution is -2.37. The molecule has 10 heteroatoms. The van der Waals surface area contributed by atoms with Gasteiger partial charge in [-0.2, -0.15) is 0 Å². The first-order valence-electron chi connectivity index (χ1n) is 9.21. The molecule has 0 amide bonds. The van der Waals surface area contributed by atoms with E-state index in [1.54, 1.807) is 37.3 Å². The van der Waals surface area contributed by atoms with Crippen molar-refractivity contribution in [3.63, 3.8) is 0 Å². The maximum atomic E-state index is 5.41. The molecular formula is C19H23N5O3S2. The Morgan fingerprint density at radius 1 is 1.14 bits per heavy atom. The molecule has 0 unspecified atom stereocenters. The highest BCUT2D eigenvalue weighted by Gasteiger charge is 2.19. The zero-order valence-electron chi connectivity index (χ0n) is 16.6. The molecule has 1 fully saturated rings. The monoisotopic (exact) mass is 433 g/mol. The Morgan fingerprint density at radius 2 is 1.93 bits per heavy atom. The van der Waals surface area contributed by atoms with Gasteiger partial charge in [-0.05, 0) is 18.2 Å². The van der Waals surface area contributed by atoms with Gasteiger partial charge in [-0.3, -0.25) is 4.57 Å². The predicted molar refractivity (Wildman–Crippen MR) is 114 cm³/mol. The second-order valence-corrected chi connectivity index (χ2v) is 8.24. The van der Waals surface area contributed by atoms with Gasteiger partial charge in [-0.15, -0.1) is 21.5 Å². The van der Waals surface area contributed by atoms with E-state index in [1.807, 2.05) is 29.8 Å². The number of thioether (sulfide) groups is 1. The number of nitrogens with zero attached hydrogens (tertiary/aromatic N) is 5. The average Bonchev–Trinajstić information content (AvgIpc) is 3.39. The molecule has 0 atom stereocenters. The Morgan fingerprint density at radius 3 is 2.69 bits per heavy atom. The van der Waals surface area contributed by atoms with Crippen molar-refractivity contribution in [1.29, 1.82) is 0 Å². The summed E-state index contributed by atoms with van der Waals surface area (Å²) in [5.74, 6) is 3.03. The number of anilines is 1. The van der Waals surface area contributed by atoms with Crippen molar-refractivity contribution in [2.45, 2.75) is 10.9 Å². The number of hydrogen-bond acceptors (Lipinski definition) is 9. The lowest BCUT2D eigenvalue weighted by molar-refractivity contribution is 0.121. The number of morpholine rings is 1. The van der Waals surface area contributed by atoms with Gasteiger partial charge in [0.05, 0.1) is 33.1 Å². The standard InChI is InChI=1S/C19H23N5O3S2/c1-23-18(24-6-8-27-9-7-24)21-22-19(23)29-12-14-11-28-17(20-14)13-4-5-15(25-2)16(10-13)26-3/h4-5,10-11H,6-9,12H2,1-3H3. The van der Waals surface area contributed by atoms with Gasteiger partial charge in [0.2, 0.25) is 5.95 Å². The summed E-state index contributed by atoms with van der Waals surface area (Å²) in [5.41, 5.74) is 2.03. The maximum absolute atomic E-state index is 5.41. The third-order valence-corrected chi connectivity index (χ3v) is 6.63. The molecule has 8 nitrogen and oxygen atoms in total. The number of thiazole rings is 1. The molecule has 2 aromatic heterocycles. The molecular weight excluding hydrogens is 410 g/mol. The normalized spacial score (nSPS) is 14.2. The number of rotatable bonds is 7. The van der Waals surface area contributed by atoms with E-state index in [1.165, 1.54) is 0 Å². The van der Waals surface area contributed by atoms with Crippen molar-refractivity contribution in [3.8, 4) is 22.1 Å². The van der Waals surface area contributed by atoms with Crippen LogP contribution in [0, 0.1) is 0 Å². The van der Waals surface area contributed by atoms with Crippen LogP contribution >= 0.6 is 23.1 Å². The highest BCUT2D eigenvalue weighted by molar-refractivity contribution is 7.98. The summed E-state index contributed by atoms with van der Waals surface area (Å²) in [6, 6.07) is 5.84. The Labute approximate surface area is 177 Å². The van der Waals surface area contributed by atoms with Crippen LogP contribution in [0.25, 0.3) is 10.6 Å². The van der Waals surface area contributed by atoms with E-state index in [0.717, 1.165) is 59.4 Å². The molecule has 0 saturated carbocycles. The average molecular weight is 434 g/mol. The Kier molecular flexibility index (Phi) is 6.22. The first-order valence-corrected chi connectivity index (χ1v) is 11.1. The minimum absolute atomic E-state index is 0.700. The molecule has 0 aliphatic carbocycles. The summed E-state index contributed by atoms with van der Waals surface area (Å²) in [6.45, 7) is 3.15. The van der Waals surface area contributed by atoms with Crippen LogP contribution in [0.1, 0.15) is 5.69 Å². The summed E-state index contributed by atoms with van der Waals surface area (Å²) in [7, 11) is 5.27. The highest BCUT2D eigenvalue weighted by Crippen LogP contribution is 2.34. The molecule has 29 heavy (non-hydrogen) atoms. The van der Waals surface area contributed by atoms with Crippen LogP contribution in [0.3, 0.4) is 0 Å². The van der Waals surface area contributed by atoms with Crippen LogP contribution in [0.4, 0.5) is 5.95 Å². The molecule has 4 rings (SSSR count). The Balaban J connectivity index is 1.43. The van der Waals surface area contributed by atoms with Gasteiger partial charge in [0.15, 0.2) is 16.7 Å². The maximum Gasteiger partial charge on any atom is 0.227 e. The van der Waals surface area contributed by atoms with Crippen molar-refractivity contribution in [1.82, 2.24) is 19.7 Å². The van der Waals surface area contributed by atoms with Gasteiger partial charge in [0.25, 0.3) is 0 Å². The summed E-state index contributed by atoms with van der Waals surface area (Å²) in [4.78, 5) is 6.98. The van der Waals surface area contributed by atoms with Crippen molar-refractivity contribution >= 4 is 29.0 Å². The van der Waals surface area contributed by atoms with Crippen LogP contribution in [0.2, 0.25) is 0 Å². The van der Waals surface area contributed by atoms with E-state index in [0.29, 0.717) is 11.5 Å². The summed E-state index contributed by atoms with van der Waals surface area (Å²) >= 11 is 3.25. The van der Waals surface area contributed by atoms with Gasteiger partial charge >= 0.3 is 0 Å². The fourth-order valence-electron chi connectivity index (χ4n) is 3.09. The second-order valence-electron chi connectivity index (χ2n) is 6.44. The van der Waals surface area contributed by atoms with Crippen molar-refractivity contribution < 1.29 is 14.2 Å². The molecule has 0 N–H and O–H groups in total. The molecule has 1 aromatic carbocycles. The minimum Gasteiger partial charge on any atom is -0.493 e. The highest BCUT2D eigenvalue weighted by atomic mass is 32.2. The number of methoxy groups -OCH3 is 2. The van der Waals surface area contributed by atoms with Gasteiger partial charge in [-0.1, -0.05) is 11.8 Å². The van der Waals surface area contributed by atoms with E-state index in [2.05, 4.69) is 20.5 Å². The van der Waals surface area contributed by atoms with E-state index in [4.69, 9.17) is 19.2 Å². The largest absolute Gasteiger partial charge is 0.493 e. The SMILES string of the molecule is COc1ccc(-c2nc(CSc3nnc(N4CCOCC4)n3C)cs2)cc1OC. The molecule has 3 heterocycles. The van der Waals surface area contributed by atoms with Crippen LogP contribution in [-0.2, 0) is 17.5 Å². The van der Waals surface area contributed by atoms with Crippen LogP contribution in [0.15, 0.2) is 28.7 Å². The van der Waals surface area contributed by atoms with E-state index >= 15 is 0 Å². The van der Waals surface area contributed by atoms with Crippen molar-refractivity contribution in [2.75, 3.05) is 45.4 Å². The summed E-state index contributed by atoms with van der Waals surface area (Å²) < 4.78 is 18.2. The first kappa shape index (κ1) is 20.0. The molecule has 1 saturated heterocycles. The molecule has 0 radical (unpaired) electrons. The fraction of sp³-hybridized carbons (Fsp3) is 0.421. The minimum atomic E-state index is 0.700. The number of benzene rings is 1. The van der Waals surface area contributed by atoms with E-state index < -0.39 is 0 Å². The van der Waals surface area contributed by atoms with E-state index in [-0.39, 0.29) is 0 Å².